The van der Waals surface area contributed by atoms with Crippen molar-refractivity contribution in [1.82, 2.24) is 14.5 Å². The summed E-state index contributed by atoms with van der Waals surface area (Å²) in [4.78, 5) is 27.7. The number of rotatable bonds is 11. The quantitative estimate of drug-likeness (QED) is 0.465. The van der Waals surface area contributed by atoms with Crippen molar-refractivity contribution in [3.8, 4) is 0 Å². The number of halogens is 3. The monoisotopic (exact) mass is 546 g/mol. The Labute approximate surface area is 215 Å². The average molecular weight is 547 g/mol. The highest BCUT2D eigenvalue weighted by Gasteiger charge is 2.35. The van der Waals surface area contributed by atoms with Crippen molar-refractivity contribution in [2.45, 2.75) is 32.9 Å². The lowest BCUT2D eigenvalue weighted by Crippen LogP contribution is -2.53. The van der Waals surface area contributed by atoms with Crippen LogP contribution in [0.25, 0.3) is 0 Å². The number of carbonyl (C=O) groups is 2. The predicted molar refractivity (Wildman–Crippen MR) is 136 cm³/mol. The van der Waals surface area contributed by atoms with Crippen LogP contribution in [0.15, 0.2) is 42.5 Å². The SMILES string of the molecule is CCNC(=O)[C@H](CC)N(Cc1c(Cl)cccc1Cl)C(=O)CN(c1ccccc1F)S(=O)(=O)N(C)C. The maximum atomic E-state index is 14.6. The molecule has 0 heterocycles. The largest absolute Gasteiger partial charge is 0.355 e. The Morgan fingerprint density at radius 1 is 1.03 bits per heavy atom. The fraction of sp³-hybridized carbons (Fsp3) is 0.391. The molecule has 2 aromatic carbocycles. The van der Waals surface area contributed by atoms with Crippen molar-refractivity contribution in [2.24, 2.45) is 0 Å². The topological polar surface area (TPSA) is 90.0 Å². The summed E-state index contributed by atoms with van der Waals surface area (Å²) in [5.74, 6) is -1.96. The zero-order chi connectivity index (χ0) is 26.3. The summed E-state index contributed by atoms with van der Waals surface area (Å²) in [5.41, 5.74) is 0.108. The van der Waals surface area contributed by atoms with E-state index in [1.165, 1.54) is 37.2 Å². The van der Waals surface area contributed by atoms with Gasteiger partial charge in [-0.25, -0.2) is 8.70 Å². The number of likely N-dealkylation sites (N-methyl/N-ethyl adjacent to an activating group) is 1. The molecule has 0 bridgehead atoms. The van der Waals surface area contributed by atoms with Crippen molar-refractivity contribution >= 4 is 50.9 Å². The zero-order valence-corrected chi connectivity index (χ0v) is 22.3. The van der Waals surface area contributed by atoms with E-state index in [1.54, 1.807) is 32.0 Å². The molecule has 192 valence electrons. The molecule has 2 rings (SSSR count). The fourth-order valence-electron chi connectivity index (χ4n) is 3.42. The van der Waals surface area contributed by atoms with E-state index in [1.807, 2.05) is 0 Å². The molecular formula is C23H29Cl2FN4O4S. The van der Waals surface area contributed by atoms with Crippen LogP contribution in [-0.2, 0) is 26.3 Å². The van der Waals surface area contributed by atoms with Crippen LogP contribution in [0.5, 0.6) is 0 Å². The van der Waals surface area contributed by atoms with Crippen LogP contribution < -0.4 is 9.62 Å². The van der Waals surface area contributed by atoms with Gasteiger partial charge in [0.1, 0.15) is 18.4 Å². The number of para-hydroxylation sites is 1. The van der Waals surface area contributed by atoms with Gasteiger partial charge in [0.05, 0.1) is 5.69 Å². The summed E-state index contributed by atoms with van der Waals surface area (Å²) in [6.07, 6.45) is 0.236. The van der Waals surface area contributed by atoms with Crippen LogP contribution in [0.1, 0.15) is 25.8 Å². The van der Waals surface area contributed by atoms with Gasteiger partial charge in [-0.15, -0.1) is 0 Å². The number of nitrogens with zero attached hydrogens (tertiary/aromatic N) is 3. The number of hydrogen-bond acceptors (Lipinski definition) is 4. The maximum Gasteiger partial charge on any atom is 0.304 e. The van der Waals surface area contributed by atoms with E-state index in [-0.39, 0.29) is 28.7 Å². The first kappa shape index (κ1) is 28.8. The second-order valence-corrected chi connectivity index (χ2v) is 10.7. The number of benzene rings is 2. The number of hydrogen-bond donors (Lipinski definition) is 1. The van der Waals surface area contributed by atoms with Gasteiger partial charge >= 0.3 is 10.2 Å². The van der Waals surface area contributed by atoms with Gasteiger partial charge in [-0.3, -0.25) is 9.59 Å². The number of carbonyl (C=O) groups excluding carboxylic acids is 2. The van der Waals surface area contributed by atoms with Crippen LogP contribution in [0.4, 0.5) is 10.1 Å². The molecule has 0 radical (unpaired) electrons. The molecule has 0 aliphatic carbocycles. The van der Waals surface area contributed by atoms with Crippen molar-refractivity contribution < 1.29 is 22.4 Å². The van der Waals surface area contributed by atoms with Crippen molar-refractivity contribution in [2.75, 3.05) is 31.5 Å². The molecule has 0 saturated heterocycles. The molecule has 2 aromatic rings. The number of anilines is 1. The lowest BCUT2D eigenvalue weighted by atomic mass is 10.1. The van der Waals surface area contributed by atoms with Gasteiger partial charge in [0.25, 0.3) is 0 Å². The van der Waals surface area contributed by atoms with E-state index in [4.69, 9.17) is 23.2 Å². The maximum absolute atomic E-state index is 14.6. The van der Waals surface area contributed by atoms with Crippen molar-refractivity contribution in [1.29, 1.82) is 0 Å². The highest BCUT2D eigenvalue weighted by molar-refractivity contribution is 7.90. The van der Waals surface area contributed by atoms with Gasteiger partial charge in [-0.1, -0.05) is 48.3 Å². The normalized spacial score (nSPS) is 12.3. The Bertz CT molecular complexity index is 1140. The van der Waals surface area contributed by atoms with Crippen LogP contribution in [-0.4, -0.2) is 62.7 Å². The molecule has 0 spiro atoms. The number of nitrogens with one attached hydrogen (secondary N) is 1. The van der Waals surface area contributed by atoms with Crippen LogP contribution >= 0.6 is 23.2 Å². The Kier molecular flexibility index (Phi) is 10.3. The van der Waals surface area contributed by atoms with Gasteiger partial charge in [0.2, 0.25) is 11.8 Å². The van der Waals surface area contributed by atoms with E-state index in [9.17, 15) is 22.4 Å². The van der Waals surface area contributed by atoms with Gasteiger partial charge in [-0.2, -0.15) is 12.7 Å². The second kappa shape index (κ2) is 12.5. The molecule has 1 N–H and O–H groups in total. The first-order valence-electron chi connectivity index (χ1n) is 10.9. The third-order valence-corrected chi connectivity index (χ3v) is 7.78. The van der Waals surface area contributed by atoms with E-state index < -0.39 is 40.4 Å². The average Bonchev–Trinajstić information content (AvgIpc) is 2.79. The summed E-state index contributed by atoms with van der Waals surface area (Å²) < 4.78 is 42.4. The first-order valence-corrected chi connectivity index (χ1v) is 13.1. The molecule has 0 aromatic heterocycles. The highest BCUT2D eigenvalue weighted by atomic mass is 35.5. The minimum Gasteiger partial charge on any atom is -0.355 e. The van der Waals surface area contributed by atoms with E-state index in [2.05, 4.69) is 5.32 Å². The van der Waals surface area contributed by atoms with Gasteiger partial charge in [-0.05, 0) is 37.6 Å². The Morgan fingerprint density at radius 3 is 2.14 bits per heavy atom. The van der Waals surface area contributed by atoms with Crippen LogP contribution in [0.2, 0.25) is 10.0 Å². The molecule has 8 nitrogen and oxygen atoms in total. The minimum absolute atomic E-state index is 0.153. The molecule has 12 heteroatoms. The summed E-state index contributed by atoms with van der Waals surface area (Å²) >= 11 is 12.6. The lowest BCUT2D eigenvalue weighted by Gasteiger charge is -2.34. The van der Waals surface area contributed by atoms with Gasteiger partial charge in [0, 0.05) is 42.8 Å². The Balaban J connectivity index is 2.57. The van der Waals surface area contributed by atoms with Crippen LogP contribution in [0.3, 0.4) is 0 Å². The minimum atomic E-state index is -4.27. The molecule has 0 fully saturated rings. The van der Waals surface area contributed by atoms with Gasteiger partial charge in [0.15, 0.2) is 0 Å². The zero-order valence-electron chi connectivity index (χ0n) is 20.0. The molecule has 35 heavy (non-hydrogen) atoms. The van der Waals surface area contributed by atoms with E-state index >= 15 is 0 Å². The van der Waals surface area contributed by atoms with Crippen LogP contribution in [0, 0.1) is 5.82 Å². The fourth-order valence-corrected chi connectivity index (χ4v) is 5.00. The molecule has 0 aliphatic heterocycles. The molecule has 1 atom stereocenters. The van der Waals surface area contributed by atoms with E-state index in [0.29, 0.717) is 16.4 Å². The summed E-state index contributed by atoms with van der Waals surface area (Å²) in [5, 5.41) is 3.26. The van der Waals surface area contributed by atoms with E-state index in [0.717, 1.165) is 10.4 Å². The van der Waals surface area contributed by atoms with Crippen molar-refractivity contribution in [3.05, 3.63) is 63.9 Å². The number of amides is 2. The Hall–Kier alpha value is -2.40. The molecule has 0 aliphatic rings. The summed E-state index contributed by atoms with van der Waals surface area (Å²) in [6, 6.07) is 9.13. The lowest BCUT2D eigenvalue weighted by molar-refractivity contribution is -0.140. The Morgan fingerprint density at radius 2 is 1.63 bits per heavy atom. The molecule has 0 unspecified atom stereocenters. The third kappa shape index (κ3) is 6.84. The van der Waals surface area contributed by atoms with Crippen molar-refractivity contribution in [3.63, 3.8) is 0 Å². The second-order valence-electron chi connectivity index (χ2n) is 7.79. The predicted octanol–water partition coefficient (Wildman–Crippen LogP) is 3.69. The molecule has 2 amide bonds. The van der Waals surface area contributed by atoms with Gasteiger partial charge < -0.3 is 10.2 Å². The smallest absolute Gasteiger partial charge is 0.304 e. The standard InChI is InChI=1S/C23H29Cl2FN4O4S/c1-5-20(23(32)27-6-2)29(14-16-17(24)10-9-11-18(16)25)22(31)15-30(35(33,34)28(3)4)21-13-8-7-12-19(21)26/h7-13,20H,5-6,14-15H2,1-4H3,(H,27,32)/t20-/m0/s1. The summed E-state index contributed by atoms with van der Waals surface area (Å²) in [7, 11) is -1.72. The first-order chi connectivity index (χ1) is 16.4. The summed E-state index contributed by atoms with van der Waals surface area (Å²) in [6.45, 7) is 2.89. The third-order valence-electron chi connectivity index (χ3n) is 5.27. The molecule has 0 saturated carbocycles. The molecular weight excluding hydrogens is 518 g/mol. The highest BCUT2D eigenvalue weighted by Crippen LogP contribution is 2.28.